The number of nitrogen functional groups attached to an aromatic ring is 1. The van der Waals surface area contributed by atoms with Crippen LogP contribution in [0.4, 0.5) is 5.69 Å². The molecule has 3 heterocycles. The maximum absolute atomic E-state index is 12.9. The summed E-state index contributed by atoms with van der Waals surface area (Å²) in [5, 5.41) is 11.6. The average Bonchev–Trinajstić information content (AvgIpc) is 3.02. The number of nitrogens with zero attached hydrogens (tertiary/aromatic N) is 4. The smallest absolute Gasteiger partial charge is 0.281 e. The highest BCUT2D eigenvalue weighted by molar-refractivity contribution is 7.18. The third-order valence-corrected chi connectivity index (χ3v) is 5.86. The van der Waals surface area contributed by atoms with E-state index in [1.807, 2.05) is 0 Å². The Morgan fingerprint density at radius 1 is 1.42 bits per heavy atom. The van der Waals surface area contributed by atoms with Crippen LogP contribution < -0.4 is 11.4 Å². The first kappa shape index (κ1) is 16.7. The lowest BCUT2D eigenvalue weighted by molar-refractivity contribution is -0.384. The molecular weight excluding hydrogens is 354 g/mol. The summed E-state index contributed by atoms with van der Waals surface area (Å²) >= 11 is 1.51. The third kappa shape index (κ3) is 2.56. The number of fused-ring (bicyclic) bond motifs is 3. The molecule has 3 aromatic rings. The van der Waals surface area contributed by atoms with E-state index in [2.05, 4.69) is 16.8 Å². The molecular formula is C17H17N5O3S. The molecule has 8 nitrogen and oxygen atoms in total. The molecule has 0 bridgehead atoms. The van der Waals surface area contributed by atoms with E-state index >= 15 is 0 Å². The van der Waals surface area contributed by atoms with Crippen LogP contribution in [-0.2, 0) is 13.0 Å². The fourth-order valence-corrected chi connectivity index (χ4v) is 4.59. The molecule has 1 aliphatic heterocycles. The summed E-state index contributed by atoms with van der Waals surface area (Å²) in [6.07, 6.45) is 0.802. The second-order valence-corrected chi connectivity index (χ2v) is 7.30. The number of likely N-dealkylation sites (N-methyl/N-ethyl adjacent to an activating group) is 1. The molecule has 0 atom stereocenters. The van der Waals surface area contributed by atoms with Crippen LogP contribution >= 0.6 is 11.3 Å². The number of nitrogens with two attached hydrogens (primary N) is 1. The second-order valence-electron chi connectivity index (χ2n) is 6.22. The molecule has 26 heavy (non-hydrogen) atoms. The Labute approximate surface area is 152 Å². The van der Waals surface area contributed by atoms with E-state index in [0.29, 0.717) is 15.8 Å². The van der Waals surface area contributed by atoms with Gasteiger partial charge in [-0.15, -0.1) is 11.3 Å². The first-order valence-corrected chi connectivity index (χ1v) is 9.10. The van der Waals surface area contributed by atoms with Crippen molar-refractivity contribution in [3.05, 3.63) is 55.2 Å². The van der Waals surface area contributed by atoms with E-state index < -0.39 is 4.92 Å². The lowest BCUT2D eigenvalue weighted by Gasteiger charge is -2.24. The second kappa shape index (κ2) is 6.19. The summed E-state index contributed by atoms with van der Waals surface area (Å²) in [6.45, 7) is 4.79. The SMILES string of the molecule is CCN1CCc2c(sc3nc(-c4cccc([N+](=O)[O-])c4)n(N)c(=O)c23)C1. The molecule has 1 aromatic carbocycles. The standard InChI is InChI=1S/C17H17N5O3S/c1-2-20-7-6-12-13(9-20)26-16-14(12)17(23)21(18)15(19-16)10-4-3-5-11(8-10)22(24)25/h3-5,8H,2,6-7,9,18H2,1H3. The Morgan fingerprint density at radius 2 is 2.23 bits per heavy atom. The van der Waals surface area contributed by atoms with E-state index in [1.54, 1.807) is 12.1 Å². The summed E-state index contributed by atoms with van der Waals surface area (Å²) in [7, 11) is 0. The molecule has 0 saturated heterocycles. The number of benzene rings is 1. The van der Waals surface area contributed by atoms with Gasteiger partial charge >= 0.3 is 0 Å². The third-order valence-electron chi connectivity index (χ3n) is 4.75. The van der Waals surface area contributed by atoms with Crippen molar-refractivity contribution in [3.63, 3.8) is 0 Å². The highest BCUT2D eigenvalue weighted by Crippen LogP contribution is 2.33. The van der Waals surface area contributed by atoms with Crippen LogP contribution in [0.25, 0.3) is 21.6 Å². The van der Waals surface area contributed by atoms with Gasteiger partial charge in [-0.1, -0.05) is 19.1 Å². The van der Waals surface area contributed by atoms with E-state index in [-0.39, 0.29) is 17.1 Å². The first-order valence-electron chi connectivity index (χ1n) is 8.29. The summed E-state index contributed by atoms with van der Waals surface area (Å²) in [5.74, 6) is 6.25. The van der Waals surface area contributed by atoms with Gasteiger partial charge in [0, 0.05) is 35.7 Å². The molecule has 0 spiro atoms. The molecule has 0 unspecified atom stereocenters. The van der Waals surface area contributed by atoms with Gasteiger partial charge in [-0.2, -0.15) is 0 Å². The number of nitro groups is 1. The van der Waals surface area contributed by atoms with Crippen LogP contribution in [0, 0.1) is 10.1 Å². The van der Waals surface area contributed by atoms with Gasteiger partial charge in [0.05, 0.1) is 10.3 Å². The highest BCUT2D eigenvalue weighted by atomic mass is 32.1. The van der Waals surface area contributed by atoms with E-state index in [4.69, 9.17) is 5.84 Å². The van der Waals surface area contributed by atoms with Crippen LogP contribution in [0.5, 0.6) is 0 Å². The van der Waals surface area contributed by atoms with Crippen molar-refractivity contribution in [2.45, 2.75) is 19.9 Å². The normalized spacial score (nSPS) is 14.5. The van der Waals surface area contributed by atoms with Gasteiger partial charge in [-0.25, -0.2) is 9.66 Å². The number of rotatable bonds is 3. The van der Waals surface area contributed by atoms with Crippen molar-refractivity contribution in [1.29, 1.82) is 0 Å². The molecule has 9 heteroatoms. The van der Waals surface area contributed by atoms with Crippen molar-refractivity contribution in [2.75, 3.05) is 18.9 Å². The van der Waals surface area contributed by atoms with Gasteiger partial charge in [0.1, 0.15) is 4.83 Å². The molecule has 2 N–H and O–H groups in total. The van der Waals surface area contributed by atoms with E-state index in [9.17, 15) is 14.9 Å². The zero-order valence-electron chi connectivity index (χ0n) is 14.1. The molecule has 1 aliphatic rings. The number of hydrogen-bond acceptors (Lipinski definition) is 7. The Hall–Kier alpha value is -2.78. The quantitative estimate of drug-likeness (QED) is 0.429. The number of hydrogen-bond donors (Lipinski definition) is 1. The molecule has 0 aliphatic carbocycles. The first-order chi connectivity index (χ1) is 12.5. The molecule has 0 saturated carbocycles. The number of aromatic nitrogens is 2. The summed E-state index contributed by atoms with van der Waals surface area (Å²) in [5.41, 5.74) is 1.11. The molecule has 134 valence electrons. The minimum absolute atomic E-state index is 0.0686. The number of thiophene rings is 1. The minimum atomic E-state index is -0.482. The minimum Gasteiger partial charge on any atom is -0.334 e. The van der Waals surface area contributed by atoms with Gasteiger partial charge < -0.3 is 5.84 Å². The average molecular weight is 371 g/mol. The molecule has 2 aromatic heterocycles. The van der Waals surface area contributed by atoms with Crippen molar-refractivity contribution in [2.24, 2.45) is 0 Å². The van der Waals surface area contributed by atoms with E-state index in [1.165, 1.54) is 23.5 Å². The summed E-state index contributed by atoms with van der Waals surface area (Å²) in [4.78, 5) is 32.1. The Bertz CT molecular complexity index is 1090. The van der Waals surface area contributed by atoms with Gasteiger partial charge in [0.2, 0.25) is 0 Å². The molecule has 4 rings (SSSR count). The van der Waals surface area contributed by atoms with Crippen molar-refractivity contribution in [1.82, 2.24) is 14.6 Å². The predicted molar refractivity (Wildman–Crippen MR) is 101 cm³/mol. The lowest BCUT2D eigenvalue weighted by Crippen LogP contribution is -2.32. The summed E-state index contributed by atoms with van der Waals surface area (Å²) in [6, 6.07) is 5.99. The Kier molecular flexibility index (Phi) is 3.97. The fraction of sp³-hybridized carbons (Fsp3) is 0.294. The zero-order chi connectivity index (χ0) is 18.4. The highest BCUT2D eigenvalue weighted by Gasteiger charge is 2.24. The topological polar surface area (TPSA) is 107 Å². The van der Waals surface area contributed by atoms with Gasteiger partial charge in [0.25, 0.3) is 11.2 Å². The van der Waals surface area contributed by atoms with Crippen LogP contribution in [0.3, 0.4) is 0 Å². The molecule has 0 fully saturated rings. The Balaban J connectivity index is 1.91. The van der Waals surface area contributed by atoms with Crippen LogP contribution in [-0.4, -0.2) is 32.6 Å². The van der Waals surface area contributed by atoms with Crippen LogP contribution in [0.2, 0.25) is 0 Å². The zero-order valence-corrected chi connectivity index (χ0v) is 15.0. The summed E-state index contributed by atoms with van der Waals surface area (Å²) < 4.78 is 1.00. The van der Waals surface area contributed by atoms with Gasteiger partial charge in [-0.05, 0) is 18.5 Å². The van der Waals surface area contributed by atoms with Crippen LogP contribution in [0.15, 0.2) is 29.1 Å². The predicted octanol–water partition coefficient (Wildman–Crippen LogP) is 2.12. The van der Waals surface area contributed by atoms with Gasteiger partial charge in [0.15, 0.2) is 5.82 Å². The monoisotopic (exact) mass is 371 g/mol. The number of nitro benzene ring substituents is 1. The van der Waals surface area contributed by atoms with Crippen molar-refractivity contribution in [3.8, 4) is 11.4 Å². The van der Waals surface area contributed by atoms with Crippen LogP contribution in [0.1, 0.15) is 17.4 Å². The van der Waals surface area contributed by atoms with Gasteiger partial charge in [-0.3, -0.25) is 19.8 Å². The number of non-ortho nitro benzene ring substituents is 1. The fourth-order valence-electron chi connectivity index (χ4n) is 3.34. The maximum Gasteiger partial charge on any atom is 0.281 e. The molecule has 0 radical (unpaired) electrons. The largest absolute Gasteiger partial charge is 0.334 e. The van der Waals surface area contributed by atoms with E-state index in [0.717, 1.165) is 41.2 Å². The van der Waals surface area contributed by atoms with Crippen molar-refractivity contribution < 1.29 is 4.92 Å². The van der Waals surface area contributed by atoms with Crippen molar-refractivity contribution >= 4 is 27.2 Å². The lowest BCUT2D eigenvalue weighted by atomic mass is 10.1. The molecule has 0 amide bonds. The maximum atomic E-state index is 12.9. The Morgan fingerprint density at radius 3 is 2.96 bits per heavy atom.